The van der Waals surface area contributed by atoms with E-state index < -0.39 is 29.7 Å². The summed E-state index contributed by atoms with van der Waals surface area (Å²) in [6, 6.07) is 18.6. The van der Waals surface area contributed by atoms with Crippen LogP contribution in [0.3, 0.4) is 0 Å². The van der Waals surface area contributed by atoms with Crippen molar-refractivity contribution in [3.05, 3.63) is 83.6 Å². The Morgan fingerprint density at radius 2 is 1.63 bits per heavy atom. The average molecular weight is 464 g/mol. The Morgan fingerprint density at radius 1 is 0.971 bits per heavy atom. The number of nitriles is 1. The maximum atomic E-state index is 13.5. The first-order valence-electron chi connectivity index (χ1n) is 11.0. The van der Waals surface area contributed by atoms with Crippen molar-refractivity contribution in [2.75, 3.05) is 5.32 Å². The molecule has 1 unspecified atom stereocenters. The van der Waals surface area contributed by atoms with Crippen molar-refractivity contribution in [1.82, 2.24) is 19.7 Å². The summed E-state index contributed by atoms with van der Waals surface area (Å²) in [5.74, 6) is -1.52. The largest absolute Gasteiger partial charge is 0.308 e. The van der Waals surface area contributed by atoms with Gasteiger partial charge in [-0.25, -0.2) is 4.98 Å². The lowest BCUT2D eigenvalue weighted by atomic mass is 10.0. The van der Waals surface area contributed by atoms with Gasteiger partial charge in [-0.1, -0.05) is 44.2 Å². The van der Waals surface area contributed by atoms with Gasteiger partial charge in [0.25, 0.3) is 11.8 Å². The molecular formula is C26H20N6O3. The molecule has 4 aromatic rings. The number of carbonyl (C=O) groups is 3. The molecule has 1 aliphatic heterocycles. The molecule has 0 fully saturated rings. The summed E-state index contributed by atoms with van der Waals surface area (Å²) in [6.45, 7) is 3.50. The fourth-order valence-corrected chi connectivity index (χ4v) is 4.27. The number of aromatic nitrogens is 3. The zero-order valence-corrected chi connectivity index (χ0v) is 19.0. The van der Waals surface area contributed by atoms with Crippen LogP contribution in [0.1, 0.15) is 40.1 Å². The van der Waals surface area contributed by atoms with E-state index in [1.165, 1.54) is 10.9 Å². The van der Waals surface area contributed by atoms with Crippen molar-refractivity contribution < 1.29 is 14.4 Å². The van der Waals surface area contributed by atoms with Crippen LogP contribution in [0.2, 0.25) is 0 Å². The third-order valence-corrected chi connectivity index (χ3v) is 5.94. The van der Waals surface area contributed by atoms with E-state index >= 15 is 0 Å². The molecule has 1 aliphatic rings. The number of fused-ring (bicyclic) bond motifs is 2. The molecule has 2 aromatic carbocycles. The third kappa shape index (κ3) is 3.61. The van der Waals surface area contributed by atoms with E-state index in [4.69, 9.17) is 0 Å². The molecule has 1 N–H and O–H groups in total. The quantitative estimate of drug-likeness (QED) is 0.451. The van der Waals surface area contributed by atoms with Crippen molar-refractivity contribution in [3.8, 4) is 11.9 Å². The second kappa shape index (κ2) is 8.50. The number of imide groups is 1. The summed E-state index contributed by atoms with van der Waals surface area (Å²) in [4.78, 5) is 45.2. The van der Waals surface area contributed by atoms with Crippen LogP contribution in [-0.2, 0) is 4.79 Å². The predicted molar refractivity (Wildman–Crippen MR) is 128 cm³/mol. The number of amides is 3. The van der Waals surface area contributed by atoms with Crippen molar-refractivity contribution in [2.24, 2.45) is 5.92 Å². The van der Waals surface area contributed by atoms with E-state index in [9.17, 15) is 19.6 Å². The van der Waals surface area contributed by atoms with Crippen LogP contribution in [-0.4, -0.2) is 43.4 Å². The number of nitrogens with zero attached hydrogens (tertiary/aromatic N) is 5. The summed E-state index contributed by atoms with van der Waals surface area (Å²) in [5, 5.41) is 17.5. The molecule has 5 rings (SSSR count). The molecule has 172 valence electrons. The van der Waals surface area contributed by atoms with Gasteiger partial charge in [0.2, 0.25) is 5.91 Å². The summed E-state index contributed by atoms with van der Waals surface area (Å²) in [6.07, 6.45) is 1.33. The molecular weight excluding hydrogens is 444 g/mol. The minimum absolute atomic E-state index is 0.113. The molecule has 0 spiro atoms. The number of benzene rings is 2. The molecule has 2 aromatic heterocycles. The lowest BCUT2D eigenvalue weighted by Gasteiger charge is -2.28. The number of pyridine rings is 1. The molecule has 0 saturated heterocycles. The van der Waals surface area contributed by atoms with Crippen molar-refractivity contribution in [3.63, 3.8) is 0 Å². The topological polar surface area (TPSA) is 121 Å². The van der Waals surface area contributed by atoms with Gasteiger partial charge in [0.15, 0.2) is 11.6 Å². The fraction of sp³-hybridized carbons (Fsp3) is 0.154. The maximum Gasteiger partial charge on any atom is 0.262 e. The van der Waals surface area contributed by atoms with Crippen LogP contribution in [0.5, 0.6) is 0 Å². The first-order chi connectivity index (χ1) is 16.9. The first-order valence-corrected chi connectivity index (χ1v) is 11.0. The van der Waals surface area contributed by atoms with Gasteiger partial charge in [0.1, 0.15) is 17.7 Å². The fourth-order valence-electron chi connectivity index (χ4n) is 4.27. The van der Waals surface area contributed by atoms with E-state index in [-0.39, 0.29) is 22.5 Å². The predicted octanol–water partition coefficient (Wildman–Crippen LogP) is 3.55. The smallest absolute Gasteiger partial charge is 0.262 e. The van der Waals surface area contributed by atoms with Crippen LogP contribution in [0.15, 0.2) is 66.9 Å². The zero-order valence-electron chi connectivity index (χ0n) is 19.0. The number of nitrogens with one attached hydrogen (secondary N) is 1. The van der Waals surface area contributed by atoms with Crippen molar-refractivity contribution >= 4 is 34.4 Å². The summed E-state index contributed by atoms with van der Waals surface area (Å²) >= 11 is 0. The number of para-hydroxylation sites is 1. The van der Waals surface area contributed by atoms with E-state index in [1.54, 1.807) is 44.2 Å². The van der Waals surface area contributed by atoms with Crippen molar-refractivity contribution in [1.29, 1.82) is 5.26 Å². The Hall–Kier alpha value is -4.84. The van der Waals surface area contributed by atoms with Crippen LogP contribution in [0, 0.1) is 17.2 Å². The van der Waals surface area contributed by atoms with Gasteiger partial charge in [-0.15, -0.1) is 0 Å². The molecule has 0 saturated carbocycles. The van der Waals surface area contributed by atoms with Gasteiger partial charge in [-0.3, -0.25) is 19.3 Å². The number of anilines is 1. The molecule has 3 amide bonds. The van der Waals surface area contributed by atoms with Crippen LogP contribution in [0.4, 0.5) is 5.82 Å². The van der Waals surface area contributed by atoms with Gasteiger partial charge in [-0.2, -0.15) is 15.0 Å². The Bertz CT molecular complexity index is 1510. The third-order valence-electron chi connectivity index (χ3n) is 5.94. The number of hydrogen-bond acceptors (Lipinski definition) is 6. The average Bonchev–Trinajstić information content (AvgIpc) is 3.38. The lowest BCUT2D eigenvalue weighted by Crippen LogP contribution is -2.50. The van der Waals surface area contributed by atoms with E-state index in [0.29, 0.717) is 5.82 Å². The molecule has 1 atom stereocenters. The SMILES string of the molecule is CC(C)C(C(=O)Nc1c(C#N)cnn1-c1ccc2ccccc2n1)N1C(=O)c2ccccc2C1=O. The highest BCUT2D eigenvalue weighted by atomic mass is 16.2. The highest BCUT2D eigenvalue weighted by molar-refractivity contribution is 6.23. The molecule has 35 heavy (non-hydrogen) atoms. The monoisotopic (exact) mass is 464 g/mol. The van der Waals surface area contributed by atoms with Crippen LogP contribution >= 0.6 is 0 Å². The molecule has 9 heteroatoms. The maximum absolute atomic E-state index is 13.5. The zero-order chi connectivity index (χ0) is 24.7. The summed E-state index contributed by atoms with van der Waals surface area (Å²) < 4.78 is 1.36. The molecule has 3 heterocycles. The van der Waals surface area contributed by atoms with E-state index in [2.05, 4.69) is 15.4 Å². The summed E-state index contributed by atoms with van der Waals surface area (Å²) in [5.41, 5.74) is 1.37. The molecule has 9 nitrogen and oxygen atoms in total. The van der Waals surface area contributed by atoms with Gasteiger partial charge in [0, 0.05) is 5.39 Å². The minimum atomic E-state index is -1.10. The van der Waals surface area contributed by atoms with Crippen molar-refractivity contribution in [2.45, 2.75) is 19.9 Å². The van der Waals surface area contributed by atoms with E-state index in [1.807, 2.05) is 36.4 Å². The van der Waals surface area contributed by atoms with Crippen LogP contribution < -0.4 is 5.32 Å². The molecule has 0 bridgehead atoms. The summed E-state index contributed by atoms with van der Waals surface area (Å²) in [7, 11) is 0. The Balaban J connectivity index is 1.51. The van der Waals surface area contributed by atoms with Gasteiger partial charge < -0.3 is 5.32 Å². The molecule has 0 aliphatic carbocycles. The van der Waals surface area contributed by atoms with Gasteiger partial charge in [-0.05, 0) is 36.2 Å². The normalized spacial score (nSPS) is 13.7. The highest BCUT2D eigenvalue weighted by Crippen LogP contribution is 2.29. The first kappa shape index (κ1) is 22.0. The van der Waals surface area contributed by atoms with E-state index in [0.717, 1.165) is 15.8 Å². The van der Waals surface area contributed by atoms with Crippen LogP contribution in [0.25, 0.3) is 16.7 Å². The Kier molecular flexibility index (Phi) is 5.34. The number of rotatable bonds is 5. The standard InChI is InChI=1S/C26H20N6O3/c1-15(2)22(31-25(34)18-8-4-5-9-19(18)26(31)35)24(33)30-23-17(13-27)14-28-32(23)21-12-11-16-7-3-6-10-20(16)29-21/h3-12,14-15,22H,1-2H3,(H,30,33). The number of carbonyl (C=O) groups excluding carboxylic acids is 3. The van der Waals surface area contributed by atoms with Gasteiger partial charge >= 0.3 is 0 Å². The Labute approximate surface area is 200 Å². The minimum Gasteiger partial charge on any atom is -0.308 e. The second-order valence-electron chi connectivity index (χ2n) is 8.50. The second-order valence-corrected chi connectivity index (χ2v) is 8.50. The molecule has 0 radical (unpaired) electrons. The number of hydrogen-bond donors (Lipinski definition) is 1. The highest BCUT2D eigenvalue weighted by Gasteiger charge is 2.44. The lowest BCUT2D eigenvalue weighted by molar-refractivity contribution is -0.121. The Morgan fingerprint density at radius 3 is 2.29 bits per heavy atom. The van der Waals surface area contributed by atoms with Gasteiger partial charge in [0.05, 0.1) is 22.8 Å².